The Morgan fingerprint density at radius 3 is 2.76 bits per heavy atom. The second-order valence-electron chi connectivity index (χ2n) is 6.24. The fourth-order valence-corrected chi connectivity index (χ4v) is 2.72. The van der Waals surface area contributed by atoms with Gasteiger partial charge in [-0.2, -0.15) is 0 Å². The van der Waals surface area contributed by atoms with E-state index in [2.05, 4.69) is 10.2 Å². The summed E-state index contributed by atoms with van der Waals surface area (Å²) >= 11 is 0. The summed E-state index contributed by atoms with van der Waals surface area (Å²) in [4.78, 5) is 28.1. The van der Waals surface area contributed by atoms with Crippen molar-refractivity contribution in [1.29, 1.82) is 0 Å². The number of ether oxygens (including phenoxy) is 1. The molecule has 3 heterocycles. The minimum atomic E-state index is -0.290. The predicted molar refractivity (Wildman–Crippen MR) is 93.0 cm³/mol. The Morgan fingerprint density at radius 1 is 1.28 bits per heavy atom. The lowest BCUT2D eigenvalue weighted by atomic mass is 10.2. The van der Waals surface area contributed by atoms with Gasteiger partial charge in [0.25, 0.3) is 11.5 Å². The fraction of sp³-hybridized carbons (Fsp3) is 0.412. The van der Waals surface area contributed by atoms with Gasteiger partial charge in [-0.1, -0.05) is 0 Å². The molecule has 0 spiro atoms. The lowest BCUT2D eigenvalue weighted by Crippen LogP contribution is -2.35. The van der Waals surface area contributed by atoms with Gasteiger partial charge >= 0.3 is 0 Å². The summed E-state index contributed by atoms with van der Waals surface area (Å²) in [6.07, 6.45) is 2.16. The molecule has 3 rings (SSSR count). The second-order valence-corrected chi connectivity index (χ2v) is 6.24. The second kappa shape index (κ2) is 6.92. The van der Waals surface area contributed by atoms with Gasteiger partial charge in [0.15, 0.2) is 5.82 Å². The van der Waals surface area contributed by atoms with Gasteiger partial charge in [0, 0.05) is 46.4 Å². The number of nitrogens with zero attached hydrogens (tertiary/aromatic N) is 5. The number of aromatic nitrogens is 3. The topological polar surface area (TPSA) is 80.6 Å². The number of aryl methyl sites for hydroxylation is 1. The van der Waals surface area contributed by atoms with E-state index in [1.54, 1.807) is 36.3 Å². The van der Waals surface area contributed by atoms with Gasteiger partial charge in [-0.3, -0.25) is 9.59 Å². The molecule has 0 unspecified atom stereocenters. The molecular formula is C17H21N5O3. The Hall–Kier alpha value is -2.90. The summed E-state index contributed by atoms with van der Waals surface area (Å²) in [5.74, 6) is 0.914. The number of carbonyl (C=O) groups excluding carboxylic acids is 1. The zero-order valence-electron chi connectivity index (χ0n) is 14.5. The maximum absolute atomic E-state index is 12.6. The Balaban J connectivity index is 1.64. The van der Waals surface area contributed by atoms with Crippen molar-refractivity contribution in [3.63, 3.8) is 0 Å². The third-order valence-electron chi connectivity index (χ3n) is 4.16. The molecule has 0 radical (unpaired) electrons. The molecule has 1 saturated heterocycles. The first-order valence-electron chi connectivity index (χ1n) is 8.08. The molecule has 132 valence electrons. The van der Waals surface area contributed by atoms with Crippen molar-refractivity contribution < 1.29 is 9.53 Å². The summed E-state index contributed by atoms with van der Waals surface area (Å²) in [6, 6.07) is 6.85. The Morgan fingerprint density at radius 2 is 2.08 bits per heavy atom. The number of carbonyl (C=O) groups is 1. The van der Waals surface area contributed by atoms with Crippen LogP contribution in [-0.4, -0.2) is 58.9 Å². The van der Waals surface area contributed by atoms with Crippen molar-refractivity contribution in [3.05, 3.63) is 46.4 Å². The number of hydrogen-bond donors (Lipinski definition) is 0. The maximum Gasteiger partial charge on any atom is 0.263 e. The lowest BCUT2D eigenvalue weighted by molar-refractivity contribution is 0.0768. The van der Waals surface area contributed by atoms with E-state index in [0.717, 1.165) is 5.82 Å². The molecule has 0 aliphatic carbocycles. The number of rotatable bonds is 4. The van der Waals surface area contributed by atoms with E-state index in [4.69, 9.17) is 4.74 Å². The zero-order valence-corrected chi connectivity index (χ0v) is 14.5. The van der Waals surface area contributed by atoms with E-state index in [9.17, 15) is 9.59 Å². The summed E-state index contributed by atoms with van der Waals surface area (Å²) in [5, 5.41) is 8.12. The summed E-state index contributed by atoms with van der Waals surface area (Å²) in [7, 11) is 5.41. The standard InChI is InChI=1S/C17H21N5O3/c1-20(2)14-6-7-15(19-18-14)25-12-8-10-22(11-12)17(24)13-5-4-9-21(3)16(13)23/h4-7,9,12H,8,10-11H2,1-3H3/t12-/m1/s1. The molecule has 1 atom stereocenters. The molecule has 1 amide bonds. The largest absolute Gasteiger partial charge is 0.471 e. The van der Waals surface area contributed by atoms with Crippen LogP contribution in [-0.2, 0) is 7.05 Å². The van der Waals surface area contributed by atoms with Gasteiger partial charge in [-0.15, -0.1) is 10.2 Å². The van der Waals surface area contributed by atoms with E-state index in [1.807, 2.05) is 25.1 Å². The van der Waals surface area contributed by atoms with Crippen LogP contribution in [0.5, 0.6) is 5.88 Å². The van der Waals surface area contributed by atoms with Crippen molar-refractivity contribution in [1.82, 2.24) is 19.7 Å². The van der Waals surface area contributed by atoms with Gasteiger partial charge < -0.3 is 19.1 Å². The quantitative estimate of drug-likeness (QED) is 0.806. The Bertz CT molecular complexity index is 816. The number of amides is 1. The smallest absolute Gasteiger partial charge is 0.263 e. The summed E-state index contributed by atoms with van der Waals surface area (Å²) in [6.45, 7) is 0.971. The van der Waals surface area contributed by atoms with E-state index < -0.39 is 0 Å². The van der Waals surface area contributed by atoms with Gasteiger partial charge in [0.1, 0.15) is 11.7 Å². The van der Waals surface area contributed by atoms with Crippen LogP contribution < -0.4 is 15.2 Å². The molecule has 1 fully saturated rings. The van der Waals surface area contributed by atoms with Crippen LogP contribution in [0.4, 0.5) is 5.82 Å². The van der Waals surface area contributed by atoms with E-state index in [0.29, 0.717) is 25.4 Å². The molecular weight excluding hydrogens is 322 g/mol. The predicted octanol–water partition coefficient (Wildman–Crippen LogP) is 0.535. The van der Waals surface area contributed by atoms with Crippen LogP contribution in [0.25, 0.3) is 0 Å². The average Bonchev–Trinajstić information content (AvgIpc) is 3.06. The highest BCUT2D eigenvalue weighted by Gasteiger charge is 2.29. The van der Waals surface area contributed by atoms with E-state index >= 15 is 0 Å². The highest BCUT2D eigenvalue weighted by atomic mass is 16.5. The van der Waals surface area contributed by atoms with Gasteiger partial charge in [0.05, 0.1) is 6.54 Å². The Labute approximate surface area is 145 Å². The number of anilines is 1. The van der Waals surface area contributed by atoms with Crippen LogP contribution in [0.2, 0.25) is 0 Å². The fourth-order valence-electron chi connectivity index (χ4n) is 2.72. The molecule has 2 aromatic heterocycles. The van der Waals surface area contributed by atoms with Crippen molar-refractivity contribution in [2.45, 2.75) is 12.5 Å². The average molecular weight is 343 g/mol. The minimum absolute atomic E-state index is 0.156. The first kappa shape index (κ1) is 16.9. The molecule has 25 heavy (non-hydrogen) atoms. The van der Waals surface area contributed by atoms with Crippen molar-refractivity contribution >= 4 is 11.7 Å². The van der Waals surface area contributed by atoms with Crippen LogP contribution in [0, 0.1) is 0 Å². The van der Waals surface area contributed by atoms with Gasteiger partial charge in [-0.05, 0) is 18.2 Å². The first-order chi connectivity index (χ1) is 12.0. The normalized spacial score (nSPS) is 16.8. The molecule has 1 aliphatic heterocycles. The third kappa shape index (κ3) is 3.62. The lowest BCUT2D eigenvalue weighted by Gasteiger charge is -2.17. The highest BCUT2D eigenvalue weighted by molar-refractivity contribution is 5.94. The van der Waals surface area contributed by atoms with Crippen LogP contribution in [0.3, 0.4) is 0 Å². The Kier molecular flexibility index (Phi) is 4.69. The highest BCUT2D eigenvalue weighted by Crippen LogP contribution is 2.18. The number of likely N-dealkylation sites (tertiary alicyclic amines) is 1. The van der Waals surface area contributed by atoms with Gasteiger partial charge in [0.2, 0.25) is 5.88 Å². The van der Waals surface area contributed by atoms with Crippen LogP contribution in [0.1, 0.15) is 16.8 Å². The zero-order chi connectivity index (χ0) is 18.0. The molecule has 8 heteroatoms. The molecule has 2 aromatic rings. The van der Waals surface area contributed by atoms with Crippen LogP contribution >= 0.6 is 0 Å². The maximum atomic E-state index is 12.6. The van der Waals surface area contributed by atoms with E-state index in [1.165, 1.54) is 4.57 Å². The third-order valence-corrected chi connectivity index (χ3v) is 4.16. The first-order valence-corrected chi connectivity index (χ1v) is 8.08. The molecule has 8 nitrogen and oxygen atoms in total. The molecule has 1 aliphatic rings. The molecule has 0 bridgehead atoms. The van der Waals surface area contributed by atoms with Gasteiger partial charge in [-0.25, -0.2) is 0 Å². The van der Waals surface area contributed by atoms with Crippen LogP contribution in [0.15, 0.2) is 35.3 Å². The van der Waals surface area contributed by atoms with Crippen molar-refractivity contribution in [3.8, 4) is 5.88 Å². The minimum Gasteiger partial charge on any atom is -0.471 e. The monoisotopic (exact) mass is 343 g/mol. The molecule has 0 N–H and O–H groups in total. The summed E-state index contributed by atoms with van der Waals surface area (Å²) in [5.41, 5.74) is -0.109. The van der Waals surface area contributed by atoms with Crippen molar-refractivity contribution in [2.75, 3.05) is 32.1 Å². The summed E-state index contributed by atoms with van der Waals surface area (Å²) < 4.78 is 7.21. The number of pyridine rings is 1. The van der Waals surface area contributed by atoms with Crippen molar-refractivity contribution in [2.24, 2.45) is 7.05 Å². The number of hydrogen-bond acceptors (Lipinski definition) is 6. The molecule has 0 saturated carbocycles. The molecule has 0 aromatic carbocycles. The SMILES string of the molecule is CN(C)c1ccc(O[C@@H]2CCN(C(=O)c3cccn(C)c3=O)C2)nn1. The van der Waals surface area contributed by atoms with E-state index in [-0.39, 0.29) is 23.1 Å².